The molecule has 4 N–H and O–H groups in total. The van der Waals surface area contributed by atoms with E-state index in [9.17, 15) is 19.2 Å². The number of carbonyl (C=O) groups is 4. The van der Waals surface area contributed by atoms with E-state index in [1.54, 1.807) is 0 Å². The van der Waals surface area contributed by atoms with Gasteiger partial charge in [-0.25, -0.2) is 4.79 Å². The van der Waals surface area contributed by atoms with E-state index in [0.717, 1.165) is 57.8 Å². The van der Waals surface area contributed by atoms with Gasteiger partial charge in [0.25, 0.3) is 0 Å². The molecule has 0 heterocycles. The molecule has 0 aliphatic heterocycles. The van der Waals surface area contributed by atoms with E-state index in [2.05, 4.69) is 24.5 Å². The van der Waals surface area contributed by atoms with Crippen LogP contribution in [0.15, 0.2) is 0 Å². The quantitative estimate of drug-likeness (QED) is 0.0352. The van der Waals surface area contributed by atoms with E-state index in [1.807, 2.05) is 0 Å². The zero-order chi connectivity index (χ0) is 46.8. The van der Waals surface area contributed by atoms with Gasteiger partial charge in [-0.1, -0.05) is 251 Å². The van der Waals surface area contributed by atoms with Crippen LogP contribution >= 0.6 is 0 Å². The zero-order valence-electron chi connectivity index (χ0n) is 42.3. The summed E-state index contributed by atoms with van der Waals surface area (Å²) >= 11 is 0. The fraction of sp³-hybridized carbons (Fsp3) is 0.927. The number of aliphatic carboxylic acids is 1. The van der Waals surface area contributed by atoms with Crippen molar-refractivity contribution in [2.75, 3.05) is 13.2 Å². The molecule has 0 aromatic rings. The van der Waals surface area contributed by atoms with E-state index in [-0.39, 0.29) is 24.5 Å². The number of aliphatic hydroxyl groups is 1. The summed E-state index contributed by atoms with van der Waals surface area (Å²) in [6.07, 6.45) is 55.8. The van der Waals surface area contributed by atoms with Gasteiger partial charge in [-0.2, -0.15) is 0 Å². The highest BCUT2D eigenvalue weighted by Crippen LogP contribution is 2.20. The molecule has 0 aromatic heterocycles. The fourth-order valence-corrected chi connectivity index (χ4v) is 8.84. The number of ether oxygens (including phenoxy) is 1. The molecule has 378 valence electrons. The van der Waals surface area contributed by atoms with Crippen LogP contribution in [0.1, 0.15) is 303 Å². The third-order valence-electron chi connectivity index (χ3n) is 13.1. The first-order valence-electron chi connectivity index (χ1n) is 27.9. The van der Waals surface area contributed by atoms with Crippen molar-refractivity contribution in [3.63, 3.8) is 0 Å². The monoisotopic (exact) mass is 907 g/mol. The predicted octanol–water partition coefficient (Wildman–Crippen LogP) is 15.2. The van der Waals surface area contributed by atoms with Crippen molar-refractivity contribution in [2.45, 2.75) is 315 Å². The summed E-state index contributed by atoms with van der Waals surface area (Å²) in [6.45, 7) is 3.54. The highest BCUT2D eigenvalue weighted by molar-refractivity contribution is 5.87. The van der Waals surface area contributed by atoms with Gasteiger partial charge in [0.15, 0.2) is 0 Å². The molecule has 0 spiro atoms. The molecule has 2 unspecified atom stereocenters. The summed E-state index contributed by atoms with van der Waals surface area (Å²) in [6, 6.07) is -1.38. The Morgan fingerprint density at radius 3 is 1.02 bits per heavy atom. The lowest BCUT2D eigenvalue weighted by Gasteiger charge is -2.18. The molecule has 0 aliphatic carbocycles. The Balaban J connectivity index is 4.20. The van der Waals surface area contributed by atoms with Crippen LogP contribution in [0.4, 0.5) is 0 Å². The van der Waals surface area contributed by atoms with E-state index < -0.39 is 24.5 Å². The Hall–Kier alpha value is -2.16. The number of hydrogen-bond acceptors (Lipinski definition) is 6. The first-order valence-corrected chi connectivity index (χ1v) is 27.9. The molecule has 0 radical (unpaired) electrons. The van der Waals surface area contributed by atoms with Crippen molar-refractivity contribution in [1.82, 2.24) is 10.6 Å². The zero-order valence-corrected chi connectivity index (χ0v) is 42.3. The summed E-state index contributed by atoms with van der Waals surface area (Å²) in [5.41, 5.74) is 0. The number of rotatable bonds is 52. The van der Waals surface area contributed by atoms with Gasteiger partial charge in [-0.05, 0) is 38.5 Å². The van der Waals surface area contributed by atoms with Crippen LogP contribution in [0.2, 0.25) is 0 Å². The predicted molar refractivity (Wildman–Crippen MR) is 269 cm³/mol. The minimum atomic E-state index is -1.38. The summed E-state index contributed by atoms with van der Waals surface area (Å²) in [4.78, 5) is 47.9. The average molecular weight is 907 g/mol. The van der Waals surface area contributed by atoms with Crippen LogP contribution in [0.25, 0.3) is 0 Å². The second-order valence-electron chi connectivity index (χ2n) is 19.4. The molecule has 0 aliphatic rings. The number of nitrogens with one attached hydrogen (secondary N) is 2. The van der Waals surface area contributed by atoms with Gasteiger partial charge < -0.3 is 25.6 Å². The van der Waals surface area contributed by atoms with Crippen LogP contribution < -0.4 is 10.6 Å². The molecule has 0 bridgehead atoms. The minimum Gasteiger partial charge on any atom is -0.480 e. The number of unbranched alkanes of at least 4 members (excludes halogenated alkanes) is 38. The minimum absolute atomic E-state index is 0.00661. The Morgan fingerprint density at radius 1 is 0.406 bits per heavy atom. The third kappa shape index (κ3) is 46.4. The van der Waals surface area contributed by atoms with Gasteiger partial charge >= 0.3 is 11.9 Å². The molecule has 0 saturated carbocycles. The first-order chi connectivity index (χ1) is 31.3. The first kappa shape index (κ1) is 61.8. The lowest BCUT2D eigenvalue weighted by atomic mass is 10.0. The third-order valence-corrected chi connectivity index (χ3v) is 13.1. The number of carboxylic acid groups (broad SMARTS) is 1. The highest BCUT2D eigenvalue weighted by atomic mass is 16.5. The summed E-state index contributed by atoms with van der Waals surface area (Å²) in [7, 11) is 0. The van der Waals surface area contributed by atoms with Crippen molar-refractivity contribution >= 4 is 23.8 Å². The van der Waals surface area contributed by atoms with Crippen LogP contribution in [0, 0.1) is 0 Å². The molecule has 0 rings (SSSR count). The molecule has 9 heteroatoms. The number of carboxylic acids is 1. The van der Waals surface area contributed by atoms with E-state index in [0.29, 0.717) is 19.3 Å². The summed E-state index contributed by atoms with van der Waals surface area (Å²) in [5, 5.41) is 22.7. The number of aliphatic hydroxyl groups excluding tert-OH is 1. The average Bonchev–Trinajstić information content (AvgIpc) is 3.28. The molecular formula is C55H106N2O7. The maximum absolute atomic E-state index is 12.9. The normalized spacial score (nSPS) is 12.3. The van der Waals surface area contributed by atoms with Gasteiger partial charge in [0, 0.05) is 12.8 Å². The van der Waals surface area contributed by atoms with E-state index in [1.165, 1.54) is 212 Å². The van der Waals surface area contributed by atoms with E-state index in [4.69, 9.17) is 14.9 Å². The smallest absolute Gasteiger partial charge is 0.328 e. The molecule has 64 heavy (non-hydrogen) atoms. The van der Waals surface area contributed by atoms with Crippen molar-refractivity contribution in [3.8, 4) is 0 Å². The number of hydrogen-bond donors (Lipinski definition) is 4. The highest BCUT2D eigenvalue weighted by Gasteiger charge is 2.19. The Bertz CT molecular complexity index is 1040. The van der Waals surface area contributed by atoms with Gasteiger partial charge in [-0.3, -0.25) is 14.4 Å². The second kappa shape index (κ2) is 50.3. The van der Waals surface area contributed by atoms with Crippen molar-refractivity contribution in [1.29, 1.82) is 0 Å². The standard InChI is InChI=1S/C55H106N2O7/c1-3-5-7-9-11-13-15-17-19-20-21-22-23-24-26-28-30-32-34-39-43-47-54(61)64-50(44-40-36-33-31-29-27-25-18-16-14-12-10-8-6-4-2)45-41-37-35-38-42-46-52(59)56-48-53(60)57-51(49-58)55(62)63/h50-51,58H,3-49H2,1-2H3,(H,56,59)(H,57,60)(H,62,63). The maximum Gasteiger partial charge on any atom is 0.328 e. The van der Waals surface area contributed by atoms with Gasteiger partial charge in [-0.15, -0.1) is 0 Å². The largest absolute Gasteiger partial charge is 0.480 e. The van der Waals surface area contributed by atoms with Crippen molar-refractivity contribution in [3.05, 3.63) is 0 Å². The van der Waals surface area contributed by atoms with Crippen LogP contribution in [-0.4, -0.2) is 59.3 Å². The van der Waals surface area contributed by atoms with Crippen molar-refractivity contribution in [2.24, 2.45) is 0 Å². The van der Waals surface area contributed by atoms with Crippen LogP contribution in [0.5, 0.6) is 0 Å². The Morgan fingerprint density at radius 2 is 0.703 bits per heavy atom. The molecule has 0 fully saturated rings. The van der Waals surface area contributed by atoms with Gasteiger partial charge in [0.2, 0.25) is 11.8 Å². The van der Waals surface area contributed by atoms with Gasteiger partial charge in [0.05, 0.1) is 13.2 Å². The molecule has 0 saturated heterocycles. The molecular weight excluding hydrogens is 801 g/mol. The maximum atomic E-state index is 12.9. The Labute approximate surface area is 395 Å². The lowest BCUT2D eigenvalue weighted by Crippen LogP contribution is -2.47. The van der Waals surface area contributed by atoms with Crippen LogP contribution in [0.3, 0.4) is 0 Å². The van der Waals surface area contributed by atoms with Gasteiger partial charge in [0.1, 0.15) is 12.1 Å². The van der Waals surface area contributed by atoms with Crippen molar-refractivity contribution < 1.29 is 34.1 Å². The summed E-state index contributed by atoms with van der Waals surface area (Å²) < 4.78 is 6.09. The van der Waals surface area contributed by atoms with E-state index >= 15 is 0 Å². The SMILES string of the molecule is CCCCCCCCCCCCCCCCCCCCCCCC(=O)OC(CCCCCCCCCCCCCCCCC)CCCCCCCC(=O)NCC(=O)NC(CO)C(=O)O. The van der Waals surface area contributed by atoms with Crippen LogP contribution in [-0.2, 0) is 23.9 Å². The second-order valence-corrected chi connectivity index (χ2v) is 19.4. The number of amides is 2. The molecule has 0 aromatic carbocycles. The fourth-order valence-electron chi connectivity index (χ4n) is 8.84. The molecule has 2 atom stereocenters. The number of esters is 1. The molecule has 9 nitrogen and oxygen atoms in total. The molecule has 2 amide bonds. The Kier molecular flexibility index (Phi) is 48.6. The number of carbonyl (C=O) groups excluding carboxylic acids is 3. The summed E-state index contributed by atoms with van der Waals surface area (Å²) in [5.74, 6) is -2.26. The lowest BCUT2D eigenvalue weighted by molar-refractivity contribution is -0.150. The topological polar surface area (TPSA) is 142 Å².